The van der Waals surface area contributed by atoms with E-state index in [1.54, 1.807) is 57.2 Å². The van der Waals surface area contributed by atoms with Crippen LogP contribution in [0.1, 0.15) is 37.1 Å². The fraction of sp³-hybridized carbons (Fsp3) is 0.238. The Bertz CT molecular complexity index is 1180. The summed E-state index contributed by atoms with van der Waals surface area (Å²) in [6, 6.07) is 11.9. The minimum atomic E-state index is -3.89. The number of urea groups is 1. The highest BCUT2D eigenvalue weighted by Gasteiger charge is 2.26. The number of hydrogen-bond donors (Lipinski definition) is 4. The third-order valence-electron chi connectivity index (χ3n) is 3.91. The second-order valence-corrected chi connectivity index (χ2v) is 9.51. The zero-order valence-corrected chi connectivity index (χ0v) is 18.6. The van der Waals surface area contributed by atoms with E-state index >= 15 is 0 Å². The number of rotatable bonds is 7. The zero-order valence-electron chi connectivity index (χ0n) is 17.8. The van der Waals surface area contributed by atoms with E-state index < -0.39 is 27.5 Å². The van der Waals surface area contributed by atoms with Crippen LogP contribution in [0, 0.1) is 0 Å². The van der Waals surface area contributed by atoms with E-state index in [-0.39, 0.29) is 17.4 Å². The Morgan fingerprint density at radius 1 is 0.938 bits per heavy atom. The van der Waals surface area contributed by atoms with E-state index in [0.29, 0.717) is 17.1 Å². The molecule has 4 N–H and O–H groups in total. The highest BCUT2D eigenvalue weighted by Crippen LogP contribution is 2.19. The van der Waals surface area contributed by atoms with Gasteiger partial charge in [-0.05, 0) is 69.3 Å². The molecule has 0 aliphatic rings. The number of amides is 3. The molecule has 0 fully saturated rings. The lowest BCUT2D eigenvalue weighted by molar-refractivity contribution is 0.0991. The average molecular weight is 461 g/mol. The molecule has 0 atom stereocenters. The predicted molar refractivity (Wildman–Crippen MR) is 118 cm³/mol. The molecule has 3 rings (SSSR count). The first-order chi connectivity index (χ1) is 15.0. The zero-order chi connectivity index (χ0) is 23.4. The van der Waals surface area contributed by atoms with Crippen LogP contribution in [0.25, 0.3) is 0 Å². The number of carbonyl (C=O) groups is 2. The molecule has 0 bridgehead atoms. The van der Waals surface area contributed by atoms with Gasteiger partial charge in [-0.2, -0.15) is 0 Å². The van der Waals surface area contributed by atoms with Gasteiger partial charge in [-0.25, -0.2) is 17.9 Å². The monoisotopic (exact) mass is 460 g/mol. The molecule has 11 heteroatoms. The molecule has 170 valence electrons. The summed E-state index contributed by atoms with van der Waals surface area (Å²) in [6.45, 7) is 5.34. The van der Waals surface area contributed by atoms with E-state index in [1.165, 1.54) is 18.4 Å². The second kappa shape index (κ2) is 9.28. The van der Waals surface area contributed by atoms with E-state index in [1.807, 2.05) is 0 Å². The third-order valence-corrected chi connectivity index (χ3v) is 5.54. The van der Waals surface area contributed by atoms with Gasteiger partial charge >= 0.3 is 6.03 Å². The lowest BCUT2D eigenvalue weighted by Gasteiger charge is -2.18. The Balaban J connectivity index is 1.55. The van der Waals surface area contributed by atoms with Gasteiger partial charge < -0.3 is 24.8 Å². The molecule has 0 spiro atoms. The number of hydrogen-bond acceptors (Lipinski definition) is 6. The highest BCUT2D eigenvalue weighted by molar-refractivity contribution is 7.89. The molecule has 32 heavy (non-hydrogen) atoms. The van der Waals surface area contributed by atoms with Crippen molar-refractivity contribution in [1.82, 2.24) is 10.0 Å². The summed E-state index contributed by atoms with van der Waals surface area (Å²) in [5.74, 6) is -0.140. The number of carbonyl (C=O) groups excluding carboxylic acids is 2. The number of furan rings is 2. The van der Waals surface area contributed by atoms with Crippen LogP contribution < -0.4 is 20.7 Å². The van der Waals surface area contributed by atoms with Crippen LogP contribution in [0.15, 0.2) is 68.7 Å². The Hall–Kier alpha value is -3.57. The van der Waals surface area contributed by atoms with Crippen molar-refractivity contribution in [2.24, 2.45) is 0 Å². The molecule has 3 aromatic rings. The summed E-state index contributed by atoms with van der Waals surface area (Å²) in [6.07, 6.45) is 1.52. The lowest BCUT2D eigenvalue weighted by Crippen LogP contribution is -2.40. The van der Waals surface area contributed by atoms with Crippen LogP contribution in [0.3, 0.4) is 0 Å². The van der Waals surface area contributed by atoms with Gasteiger partial charge in [0.25, 0.3) is 15.9 Å². The van der Waals surface area contributed by atoms with Crippen molar-refractivity contribution in [1.29, 1.82) is 0 Å². The van der Waals surface area contributed by atoms with E-state index in [4.69, 9.17) is 8.83 Å². The fourth-order valence-corrected chi connectivity index (χ4v) is 3.98. The molecule has 10 nitrogen and oxygen atoms in total. The first kappa shape index (κ1) is 23.1. The molecule has 0 radical (unpaired) electrons. The quantitative estimate of drug-likeness (QED) is 0.425. The minimum absolute atomic E-state index is 0.154. The summed E-state index contributed by atoms with van der Waals surface area (Å²) in [5, 5.41) is 7.57. The predicted octanol–water partition coefficient (Wildman–Crippen LogP) is 3.52. The van der Waals surface area contributed by atoms with E-state index in [0.717, 1.165) is 0 Å². The summed E-state index contributed by atoms with van der Waals surface area (Å²) in [5.41, 5.74) is 0.254. The number of benzene rings is 1. The summed E-state index contributed by atoms with van der Waals surface area (Å²) >= 11 is 0. The SMILES string of the molecule is CC(C)(C)NS(=O)(=O)c1ccc(C(=O)Nc2ccc(NC(=O)NCc3ccco3)cc2)o1. The smallest absolute Gasteiger partial charge is 0.319 e. The molecule has 0 aliphatic carbocycles. The highest BCUT2D eigenvalue weighted by atomic mass is 32.2. The van der Waals surface area contributed by atoms with Crippen LogP contribution in [-0.4, -0.2) is 25.9 Å². The molecule has 2 heterocycles. The van der Waals surface area contributed by atoms with E-state index in [2.05, 4.69) is 20.7 Å². The molecule has 0 saturated heterocycles. The molecule has 3 amide bonds. The van der Waals surface area contributed by atoms with Crippen molar-refractivity contribution in [2.75, 3.05) is 10.6 Å². The normalized spacial score (nSPS) is 11.7. The maximum absolute atomic E-state index is 12.4. The molecule has 0 aliphatic heterocycles. The van der Waals surface area contributed by atoms with Crippen LogP contribution in [0.5, 0.6) is 0 Å². The molecular formula is C21H24N4O6S. The topological polar surface area (TPSA) is 143 Å². The number of sulfonamides is 1. The molecule has 2 aromatic heterocycles. The Morgan fingerprint density at radius 3 is 2.19 bits per heavy atom. The van der Waals surface area contributed by atoms with Crippen molar-refractivity contribution < 1.29 is 26.8 Å². The molecular weight excluding hydrogens is 436 g/mol. The van der Waals surface area contributed by atoms with Crippen molar-refractivity contribution in [3.05, 3.63) is 66.3 Å². The Morgan fingerprint density at radius 2 is 1.59 bits per heavy atom. The maximum Gasteiger partial charge on any atom is 0.319 e. The van der Waals surface area contributed by atoms with Crippen LogP contribution in [0.2, 0.25) is 0 Å². The first-order valence-electron chi connectivity index (χ1n) is 9.64. The standard InChI is InChI=1S/C21H24N4O6S/c1-21(2,3)25-32(28,29)18-11-10-17(31-18)19(26)23-14-6-8-15(9-7-14)24-20(27)22-13-16-5-4-12-30-16/h4-12,25H,13H2,1-3H3,(H,23,26)(H2,22,24,27). The summed E-state index contributed by atoms with van der Waals surface area (Å²) in [7, 11) is -3.89. The van der Waals surface area contributed by atoms with Gasteiger partial charge in [0.1, 0.15) is 5.76 Å². The van der Waals surface area contributed by atoms with Gasteiger partial charge in [-0.15, -0.1) is 0 Å². The number of anilines is 2. The average Bonchev–Trinajstić information content (AvgIpc) is 3.38. The van der Waals surface area contributed by atoms with Gasteiger partial charge in [0.05, 0.1) is 12.8 Å². The Labute approximate surface area is 185 Å². The van der Waals surface area contributed by atoms with Crippen molar-refractivity contribution >= 4 is 33.3 Å². The minimum Gasteiger partial charge on any atom is -0.467 e. The van der Waals surface area contributed by atoms with Gasteiger partial charge in [0, 0.05) is 16.9 Å². The maximum atomic E-state index is 12.4. The van der Waals surface area contributed by atoms with Crippen LogP contribution >= 0.6 is 0 Å². The van der Waals surface area contributed by atoms with Gasteiger partial charge in [0.2, 0.25) is 5.09 Å². The van der Waals surface area contributed by atoms with Crippen LogP contribution in [-0.2, 0) is 16.6 Å². The lowest BCUT2D eigenvalue weighted by atomic mass is 10.1. The van der Waals surface area contributed by atoms with Crippen molar-refractivity contribution in [2.45, 2.75) is 37.9 Å². The van der Waals surface area contributed by atoms with Gasteiger partial charge in [-0.3, -0.25) is 4.79 Å². The van der Waals surface area contributed by atoms with Gasteiger partial charge in [0.15, 0.2) is 5.76 Å². The van der Waals surface area contributed by atoms with E-state index in [9.17, 15) is 18.0 Å². The second-order valence-electron chi connectivity index (χ2n) is 7.89. The molecule has 1 aromatic carbocycles. The molecule has 0 saturated carbocycles. The Kier molecular flexibility index (Phi) is 6.70. The molecule has 0 unspecified atom stereocenters. The third kappa shape index (κ3) is 6.46. The van der Waals surface area contributed by atoms with Gasteiger partial charge in [-0.1, -0.05) is 0 Å². The van der Waals surface area contributed by atoms with Crippen molar-refractivity contribution in [3.8, 4) is 0 Å². The fourth-order valence-electron chi connectivity index (χ4n) is 2.63. The largest absolute Gasteiger partial charge is 0.467 e. The van der Waals surface area contributed by atoms with Crippen LogP contribution in [0.4, 0.5) is 16.2 Å². The first-order valence-corrected chi connectivity index (χ1v) is 11.1. The summed E-state index contributed by atoms with van der Waals surface area (Å²) in [4.78, 5) is 24.3. The number of nitrogens with one attached hydrogen (secondary N) is 4. The summed E-state index contributed by atoms with van der Waals surface area (Å²) < 4.78 is 37.4. The van der Waals surface area contributed by atoms with Crippen molar-refractivity contribution in [3.63, 3.8) is 0 Å².